The molecule has 0 amide bonds. The van der Waals surface area contributed by atoms with Gasteiger partial charge in [0.25, 0.3) is 0 Å². The summed E-state index contributed by atoms with van der Waals surface area (Å²) in [5, 5.41) is 0.815. The van der Waals surface area contributed by atoms with Crippen LogP contribution in [0.5, 0.6) is 5.75 Å². The molecule has 128 valence electrons. The molecular weight excluding hydrogens is 371 g/mol. The Bertz CT molecular complexity index is 872. The van der Waals surface area contributed by atoms with Gasteiger partial charge in [0.15, 0.2) is 0 Å². The number of hydrogen-bond acceptors (Lipinski definition) is 4. The molecule has 24 heavy (non-hydrogen) atoms. The number of aromatic nitrogens is 1. The highest BCUT2D eigenvalue weighted by Gasteiger charge is 2.28. The maximum atomic E-state index is 12.0. The molecule has 0 unspecified atom stereocenters. The Kier molecular flexibility index (Phi) is 5.01. The van der Waals surface area contributed by atoms with E-state index >= 15 is 0 Å². The first kappa shape index (κ1) is 17.5. The molecule has 1 aliphatic rings. The summed E-state index contributed by atoms with van der Waals surface area (Å²) in [5.74, 6) is 0.788. The zero-order valence-electron chi connectivity index (χ0n) is 13.0. The number of benzene rings is 1. The molecule has 0 saturated carbocycles. The molecule has 0 atom stereocenters. The molecule has 1 aliphatic heterocycles. The normalized spacial score (nSPS) is 17.1. The third kappa shape index (κ3) is 3.37. The Morgan fingerprint density at radius 2 is 2.08 bits per heavy atom. The van der Waals surface area contributed by atoms with Gasteiger partial charge in [-0.1, -0.05) is 23.2 Å². The van der Waals surface area contributed by atoms with Crippen molar-refractivity contribution >= 4 is 33.2 Å². The first-order valence-corrected chi connectivity index (χ1v) is 9.74. The molecule has 8 heteroatoms. The van der Waals surface area contributed by atoms with Crippen molar-refractivity contribution in [1.29, 1.82) is 0 Å². The quantitative estimate of drug-likeness (QED) is 0.805. The molecule has 0 N–H and O–H groups in total. The van der Waals surface area contributed by atoms with Crippen LogP contribution in [0.3, 0.4) is 0 Å². The van der Waals surface area contributed by atoms with Gasteiger partial charge >= 0.3 is 0 Å². The van der Waals surface area contributed by atoms with Gasteiger partial charge in [0.1, 0.15) is 5.75 Å². The van der Waals surface area contributed by atoms with Crippen LogP contribution in [0.1, 0.15) is 12.1 Å². The molecule has 1 aromatic heterocycles. The number of rotatable bonds is 4. The minimum absolute atomic E-state index is 0.195. The van der Waals surface area contributed by atoms with Crippen molar-refractivity contribution in [3.63, 3.8) is 0 Å². The van der Waals surface area contributed by atoms with Gasteiger partial charge in [-0.2, -0.15) is 4.31 Å². The summed E-state index contributed by atoms with van der Waals surface area (Å²) in [7, 11) is -1.61. The summed E-state index contributed by atoms with van der Waals surface area (Å²) in [6, 6.07) is 7.02. The van der Waals surface area contributed by atoms with Gasteiger partial charge < -0.3 is 4.74 Å². The van der Waals surface area contributed by atoms with Crippen molar-refractivity contribution in [2.45, 2.75) is 13.0 Å². The summed E-state index contributed by atoms with van der Waals surface area (Å²) in [4.78, 5) is 4.28. The number of halogens is 2. The van der Waals surface area contributed by atoms with Crippen molar-refractivity contribution < 1.29 is 13.2 Å². The standard InChI is InChI=1S/C16H16Cl2N2O3S/c1-23-14-4-3-13(17)16(18)15(14)11-5-6-19-12(9-11)10-20-7-2-8-24(20,21)22/h3-6,9H,2,7-8,10H2,1H3. The van der Waals surface area contributed by atoms with Crippen LogP contribution in [0.4, 0.5) is 0 Å². The predicted octanol–water partition coefficient (Wildman–Crippen LogP) is 3.60. The molecule has 0 bridgehead atoms. The molecule has 2 aromatic rings. The van der Waals surface area contributed by atoms with Gasteiger partial charge in [-0.05, 0) is 36.2 Å². The van der Waals surface area contributed by atoms with Crippen LogP contribution in [0.15, 0.2) is 30.5 Å². The van der Waals surface area contributed by atoms with Crippen LogP contribution in [0.25, 0.3) is 11.1 Å². The van der Waals surface area contributed by atoms with E-state index in [1.54, 1.807) is 31.5 Å². The summed E-state index contributed by atoms with van der Waals surface area (Å²) in [6.45, 7) is 0.770. The molecular formula is C16H16Cl2N2O3S. The van der Waals surface area contributed by atoms with Crippen LogP contribution in [-0.2, 0) is 16.6 Å². The van der Waals surface area contributed by atoms with Gasteiger partial charge in [-0.15, -0.1) is 0 Å². The fourth-order valence-corrected chi connectivity index (χ4v) is 4.65. The smallest absolute Gasteiger partial charge is 0.214 e. The Balaban J connectivity index is 1.99. The summed E-state index contributed by atoms with van der Waals surface area (Å²) in [5.41, 5.74) is 2.09. The van der Waals surface area contributed by atoms with Crippen molar-refractivity contribution in [1.82, 2.24) is 9.29 Å². The van der Waals surface area contributed by atoms with Crippen LogP contribution in [-0.4, -0.2) is 37.1 Å². The van der Waals surface area contributed by atoms with E-state index < -0.39 is 10.0 Å². The van der Waals surface area contributed by atoms with Gasteiger partial charge in [0.2, 0.25) is 10.0 Å². The third-order valence-corrected chi connectivity index (χ3v) is 6.63. The Morgan fingerprint density at radius 1 is 1.29 bits per heavy atom. The molecule has 0 radical (unpaired) electrons. The van der Waals surface area contributed by atoms with Crippen LogP contribution < -0.4 is 4.74 Å². The number of pyridine rings is 1. The van der Waals surface area contributed by atoms with E-state index in [0.29, 0.717) is 40.0 Å². The maximum absolute atomic E-state index is 12.0. The zero-order valence-corrected chi connectivity index (χ0v) is 15.3. The molecule has 3 rings (SSSR count). The van der Waals surface area contributed by atoms with Crippen molar-refractivity contribution in [2.24, 2.45) is 0 Å². The Hall–Kier alpha value is -1.34. The highest BCUT2D eigenvalue weighted by Crippen LogP contribution is 2.40. The summed E-state index contributed by atoms with van der Waals surface area (Å²) in [6.07, 6.45) is 2.28. The fraction of sp³-hybridized carbons (Fsp3) is 0.312. The first-order valence-electron chi connectivity index (χ1n) is 7.37. The predicted molar refractivity (Wildman–Crippen MR) is 95.1 cm³/mol. The number of methoxy groups -OCH3 is 1. The van der Waals surface area contributed by atoms with Crippen molar-refractivity contribution in [3.8, 4) is 16.9 Å². The van der Waals surface area contributed by atoms with E-state index in [1.165, 1.54) is 4.31 Å². The van der Waals surface area contributed by atoms with E-state index in [9.17, 15) is 8.42 Å². The molecule has 2 heterocycles. The lowest BCUT2D eigenvalue weighted by molar-refractivity contribution is 0.416. The monoisotopic (exact) mass is 386 g/mol. The SMILES string of the molecule is COc1ccc(Cl)c(Cl)c1-c1ccnc(CN2CCCS2(=O)=O)c1. The summed E-state index contributed by atoms with van der Waals surface area (Å²) >= 11 is 12.5. The van der Waals surface area contributed by atoms with E-state index in [0.717, 1.165) is 5.56 Å². The van der Waals surface area contributed by atoms with E-state index in [-0.39, 0.29) is 12.3 Å². The molecule has 1 saturated heterocycles. The molecule has 1 aromatic carbocycles. The zero-order chi connectivity index (χ0) is 17.3. The lowest BCUT2D eigenvalue weighted by Gasteiger charge is -2.15. The number of sulfonamides is 1. The Morgan fingerprint density at radius 3 is 2.75 bits per heavy atom. The first-order chi connectivity index (χ1) is 11.4. The highest BCUT2D eigenvalue weighted by molar-refractivity contribution is 7.89. The van der Waals surface area contributed by atoms with Gasteiger partial charge in [0.05, 0.1) is 35.1 Å². The average molecular weight is 387 g/mol. The summed E-state index contributed by atoms with van der Waals surface area (Å²) < 4.78 is 30.7. The van der Waals surface area contributed by atoms with Crippen LogP contribution in [0, 0.1) is 0 Å². The van der Waals surface area contributed by atoms with Gasteiger partial charge in [0, 0.05) is 18.3 Å². The van der Waals surface area contributed by atoms with E-state index in [2.05, 4.69) is 4.98 Å². The van der Waals surface area contributed by atoms with Crippen LogP contribution >= 0.6 is 23.2 Å². The fourth-order valence-electron chi connectivity index (χ4n) is 2.74. The Labute approximate surface area is 151 Å². The van der Waals surface area contributed by atoms with Crippen molar-refractivity contribution in [3.05, 3.63) is 46.2 Å². The number of nitrogens with zero attached hydrogens (tertiary/aromatic N) is 2. The second-order valence-corrected chi connectivity index (χ2v) is 8.35. The molecule has 0 spiro atoms. The number of ether oxygens (including phenoxy) is 1. The second-order valence-electron chi connectivity index (χ2n) is 5.48. The minimum Gasteiger partial charge on any atom is -0.496 e. The van der Waals surface area contributed by atoms with Gasteiger partial charge in [-0.3, -0.25) is 4.98 Å². The van der Waals surface area contributed by atoms with Gasteiger partial charge in [-0.25, -0.2) is 8.42 Å². The molecule has 5 nitrogen and oxygen atoms in total. The lowest BCUT2D eigenvalue weighted by Crippen LogP contribution is -2.25. The molecule has 0 aliphatic carbocycles. The van der Waals surface area contributed by atoms with Crippen LogP contribution in [0.2, 0.25) is 10.0 Å². The topological polar surface area (TPSA) is 59.5 Å². The second kappa shape index (κ2) is 6.88. The highest BCUT2D eigenvalue weighted by atomic mass is 35.5. The van der Waals surface area contributed by atoms with E-state index in [1.807, 2.05) is 6.07 Å². The maximum Gasteiger partial charge on any atom is 0.214 e. The molecule has 1 fully saturated rings. The largest absolute Gasteiger partial charge is 0.496 e. The average Bonchev–Trinajstić information content (AvgIpc) is 2.88. The minimum atomic E-state index is -3.17. The number of hydrogen-bond donors (Lipinski definition) is 0. The lowest BCUT2D eigenvalue weighted by atomic mass is 10.0. The van der Waals surface area contributed by atoms with Crippen molar-refractivity contribution in [2.75, 3.05) is 19.4 Å². The van der Waals surface area contributed by atoms with E-state index in [4.69, 9.17) is 27.9 Å². The third-order valence-electron chi connectivity index (χ3n) is 3.92.